The summed E-state index contributed by atoms with van der Waals surface area (Å²) in [5, 5.41) is 0. The number of ketones is 1. The maximum Gasteiger partial charge on any atom is 0.166 e. The zero-order chi connectivity index (χ0) is 14.7. The number of ether oxygens (including phenoxy) is 2. The van der Waals surface area contributed by atoms with Gasteiger partial charge >= 0.3 is 0 Å². The van der Waals surface area contributed by atoms with Gasteiger partial charge in [0, 0.05) is 11.5 Å². The second kappa shape index (κ2) is 6.00. The molecule has 3 nitrogen and oxygen atoms in total. The predicted octanol–water partition coefficient (Wildman–Crippen LogP) is 3.87. The van der Waals surface area contributed by atoms with Crippen LogP contribution < -0.4 is 9.47 Å². The molecular formula is C18H18O3. The van der Waals surface area contributed by atoms with Crippen molar-refractivity contribution in [2.75, 3.05) is 7.11 Å². The Hall–Kier alpha value is -2.29. The van der Waals surface area contributed by atoms with Crippen LogP contribution in [0.3, 0.4) is 0 Å². The van der Waals surface area contributed by atoms with Gasteiger partial charge in [-0.2, -0.15) is 0 Å². The van der Waals surface area contributed by atoms with Crippen molar-refractivity contribution in [2.45, 2.75) is 19.4 Å². The second-order valence-electron chi connectivity index (χ2n) is 5.28. The van der Waals surface area contributed by atoms with Crippen molar-refractivity contribution < 1.29 is 14.3 Å². The van der Waals surface area contributed by atoms with Crippen molar-refractivity contribution in [3.8, 4) is 11.5 Å². The van der Waals surface area contributed by atoms with Gasteiger partial charge in [-0.05, 0) is 36.6 Å². The van der Waals surface area contributed by atoms with E-state index in [4.69, 9.17) is 9.47 Å². The summed E-state index contributed by atoms with van der Waals surface area (Å²) in [4.78, 5) is 12.1. The van der Waals surface area contributed by atoms with E-state index in [9.17, 15) is 4.79 Å². The maximum absolute atomic E-state index is 12.1. The van der Waals surface area contributed by atoms with E-state index in [1.807, 2.05) is 42.5 Å². The summed E-state index contributed by atoms with van der Waals surface area (Å²) in [5.74, 6) is 1.69. The van der Waals surface area contributed by atoms with Gasteiger partial charge in [-0.25, -0.2) is 0 Å². The van der Waals surface area contributed by atoms with E-state index in [1.54, 1.807) is 13.2 Å². The monoisotopic (exact) mass is 282 g/mol. The summed E-state index contributed by atoms with van der Waals surface area (Å²) in [6.45, 7) is 0.479. The molecule has 0 unspecified atom stereocenters. The quantitative estimate of drug-likeness (QED) is 0.755. The highest BCUT2D eigenvalue weighted by atomic mass is 16.5. The Morgan fingerprint density at radius 2 is 1.86 bits per heavy atom. The van der Waals surface area contributed by atoms with Crippen molar-refractivity contribution >= 4 is 5.78 Å². The van der Waals surface area contributed by atoms with E-state index >= 15 is 0 Å². The Morgan fingerprint density at radius 1 is 1.10 bits per heavy atom. The topological polar surface area (TPSA) is 35.5 Å². The number of carbonyl (C=O) groups is 1. The minimum absolute atomic E-state index is 0.211. The molecule has 1 aliphatic rings. The molecule has 3 rings (SSSR count). The van der Waals surface area contributed by atoms with E-state index in [0.29, 0.717) is 23.7 Å². The van der Waals surface area contributed by atoms with Gasteiger partial charge in [0.05, 0.1) is 7.11 Å². The Bertz CT molecular complexity index is 630. The third-order valence-electron chi connectivity index (χ3n) is 3.63. The molecule has 0 bridgehead atoms. The molecule has 2 aromatic rings. The zero-order valence-corrected chi connectivity index (χ0v) is 12.0. The molecule has 2 aromatic carbocycles. The summed E-state index contributed by atoms with van der Waals surface area (Å²) >= 11 is 0. The van der Waals surface area contributed by atoms with Crippen LogP contribution in [0.2, 0.25) is 0 Å². The molecule has 3 heteroatoms. The van der Waals surface area contributed by atoms with Gasteiger partial charge in [-0.3, -0.25) is 4.79 Å². The first-order valence-corrected chi connectivity index (χ1v) is 7.17. The smallest absolute Gasteiger partial charge is 0.166 e. The minimum Gasteiger partial charge on any atom is -0.493 e. The van der Waals surface area contributed by atoms with Gasteiger partial charge in [0.25, 0.3) is 0 Å². The summed E-state index contributed by atoms with van der Waals surface area (Å²) in [6.07, 6.45) is 2.01. The van der Waals surface area contributed by atoms with Crippen LogP contribution in [0.4, 0.5) is 0 Å². The molecule has 0 N–H and O–H groups in total. The molecule has 0 radical (unpaired) electrons. The minimum atomic E-state index is 0.211. The summed E-state index contributed by atoms with van der Waals surface area (Å²) in [5.41, 5.74) is 1.80. The molecule has 0 aromatic heterocycles. The number of methoxy groups -OCH3 is 1. The summed E-state index contributed by atoms with van der Waals surface area (Å²) < 4.78 is 11.1. The molecule has 0 spiro atoms. The standard InChI is InChI=1S/C18H18O3/c1-20-17-11-15(18(19)14-7-8-14)9-10-16(17)21-12-13-5-3-2-4-6-13/h2-6,9-11,14H,7-8,12H2,1H3. The SMILES string of the molecule is COc1cc(C(=O)C2CC2)ccc1OCc1ccccc1. The van der Waals surface area contributed by atoms with E-state index in [0.717, 1.165) is 18.4 Å². The van der Waals surface area contributed by atoms with Crippen molar-refractivity contribution in [3.63, 3.8) is 0 Å². The highest BCUT2D eigenvalue weighted by Crippen LogP contribution is 2.35. The van der Waals surface area contributed by atoms with Crippen molar-refractivity contribution in [3.05, 3.63) is 59.7 Å². The molecule has 0 atom stereocenters. The number of hydrogen-bond donors (Lipinski definition) is 0. The lowest BCUT2D eigenvalue weighted by Gasteiger charge is -2.12. The fraction of sp³-hybridized carbons (Fsp3) is 0.278. The van der Waals surface area contributed by atoms with Crippen molar-refractivity contribution in [1.82, 2.24) is 0 Å². The van der Waals surface area contributed by atoms with Crippen LogP contribution >= 0.6 is 0 Å². The summed E-state index contributed by atoms with van der Waals surface area (Å²) in [6, 6.07) is 15.4. The van der Waals surface area contributed by atoms with Crippen LogP contribution in [0, 0.1) is 5.92 Å². The molecule has 0 saturated heterocycles. The predicted molar refractivity (Wildman–Crippen MR) is 80.8 cm³/mol. The molecule has 1 saturated carbocycles. The first kappa shape index (κ1) is 13.7. The Balaban J connectivity index is 1.74. The van der Waals surface area contributed by atoms with Crippen LogP contribution in [0.1, 0.15) is 28.8 Å². The number of benzene rings is 2. The van der Waals surface area contributed by atoms with E-state index in [1.165, 1.54) is 0 Å². The normalized spacial score (nSPS) is 13.8. The van der Waals surface area contributed by atoms with Gasteiger partial charge in [0.2, 0.25) is 0 Å². The lowest BCUT2D eigenvalue weighted by atomic mass is 10.1. The van der Waals surface area contributed by atoms with Gasteiger partial charge in [0.15, 0.2) is 17.3 Å². The third-order valence-corrected chi connectivity index (χ3v) is 3.63. The van der Waals surface area contributed by atoms with Crippen LogP contribution in [0.15, 0.2) is 48.5 Å². The highest BCUT2D eigenvalue weighted by Gasteiger charge is 2.30. The van der Waals surface area contributed by atoms with E-state index in [-0.39, 0.29) is 11.7 Å². The Kier molecular flexibility index (Phi) is 3.91. The van der Waals surface area contributed by atoms with Gasteiger partial charge in [-0.15, -0.1) is 0 Å². The Morgan fingerprint density at radius 3 is 2.52 bits per heavy atom. The van der Waals surface area contributed by atoms with Gasteiger partial charge < -0.3 is 9.47 Å². The fourth-order valence-electron chi connectivity index (χ4n) is 2.26. The number of carbonyl (C=O) groups excluding carboxylic acids is 1. The molecule has 0 heterocycles. The van der Waals surface area contributed by atoms with Crippen LogP contribution in [-0.2, 0) is 6.61 Å². The average Bonchev–Trinajstić information content (AvgIpc) is 3.38. The highest BCUT2D eigenvalue weighted by molar-refractivity contribution is 5.99. The third kappa shape index (κ3) is 3.24. The molecule has 108 valence electrons. The van der Waals surface area contributed by atoms with Crippen molar-refractivity contribution in [1.29, 1.82) is 0 Å². The van der Waals surface area contributed by atoms with E-state index < -0.39 is 0 Å². The molecule has 0 amide bonds. The lowest BCUT2D eigenvalue weighted by molar-refractivity contribution is 0.0967. The van der Waals surface area contributed by atoms with Crippen LogP contribution in [0.5, 0.6) is 11.5 Å². The zero-order valence-electron chi connectivity index (χ0n) is 12.0. The molecule has 1 fully saturated rings. The molecule has 1 aliphatic carbocycles. The van der Waals surface area contributed by atoms with E-state index in [2.05, 4.69) is 0 Å². The molecular weight excluding hydrogens is 264 g/mol. The molecule has 21 heavy (non-hydrogen) atoms. The largest absolute Gasteiger partial charge is 0.493 e. The number of Topliss-reactive ketones (excluding diaryl/α,β-unsaturated/α-hetero) is 1. The first-order chi connectivity index (χ1) is 10.3. The number of hydrogen-bond acceptors (Lipinski definition) is 3. The molecule has 0 aliphatic heterocycles. The van der Waals surface area contributed by atoms with Crippen LogP contribution in [-0.4, -0.2) is 12.9 Å². The fourth-order valence-corrected chi connectivity index (χ4v) is 2.26. The lowest BCUT2D eigenvalue weighted by Crippen LogP contribution is -2.03. The van der Waals surface area contributed by atoms with Crippen LogP contribution in [0.25, 0.3) is 0 Å². The first-order valence-electron chi connectivity index (χ1n) is 7.17. The van der Waals surface area contributed by atoms with Gasteiger partial charge in [0.1, 0.15) is 6.61 Å². The Labute approximate surface area is 124 Å². The van der Waals surface area contributed by atoms with Crippen molar-refractivity contribution in [2.24, 2.45) is 5.92 Å². The average molecular weight is 282 g/mol. The maximum atomic E-state index is 12.1. The summed E-state index contributed by atoms with van der Waals surface area (Å²) in [7, 11) is 1.59. The van der Waals surface area contributed by atoms with Gasteiger partial charge in [-0.1, -0.05) is 30.3 Å². The number of rotatable bonds is 6. The second-order valence-corrected chi connectivity index (χ2v) is 5.28.